The quantitative estimate of drug-likeness (QED) is 0.208. The Hall–Kier alpha value is -5.43. The van der Waals surface area contributed by atoms with Crippen LogP contribution in [0, 0.1) is 5.82 Å². The molecule has 0 atom stereocenters. The van der Waals surface area contributed by atoms with Crippen LogP contribution in [0.5, 0.6) is 5.88 Å². The SMILES string of the molecule is CNC(=O)c1c(-c2ccc(F)cc2)oc2cc(N(C)S(C)(=O)=O)c(-c3cc(-c4cc5c(N)cccc5[nH]4)nnc3OC)cc12. The molecule has 3 aromatic heterocycles. The second-order valence-electron chi connectivity index (χ2n) is 10.1. The zero-order chi connectivity index (χ0) is 31.3. The number of furan rings is 1. The molecule has 0 aliphatic rings. The van der Waals surface area contributed by atoms with Crippen LogP contribution in [0.25, 0.3) is 55.7 Å². The summed E-state index contributed by atoms with van der Waals surface area (Å²) in [5.74, 6) is -0.581. The fourth-order valence-electron chi connectivity index (χ4n) is 5.11. The van der Waals surface area contributed by atoms with Crippen LogP contribution < -0.4 is 20.1 Å². The fourth-order valence-corrected chi connectivity index (χ4v) is 5.62. The number of nitrogen functional groups attached to an aromatic ring is 1. The molecule has 1 amide bonds. The smallest absolute Gasteiger partial charge is 0.255 e. The van der Waals surface area contributed by atoms with Gasteiger partial charge in [-0.3, -0.25) is 9.10 Å². The zero-order valence-electron chi connectivity index (χ0n) is 24.1. The first-order valence-corrected chi connectivity index (χ1v) is 15.2. The molecule has 44 heavy (non-hydrogen) atoms. The van der Waals surface area contributed by atoms with E-state index >= 15 is 0 Å². The lowest BCUT2D eigenvalue weighted by molar-refractivity contribution is 0.0964. The van der Waals surface area contributed by atoms with Gasteiger partial charge in [0.1, 0.15) is 22.9 Å². The predicted molar refractivity (Wildman–Crippen MR) is 168 cm³/mol. The van der Waals surface area contributed by atoms with Gasteiger partial charge in [-0.15, -0.1) is 10.2 Å². The molecule has 3 heterocycles. The van der Waals surface area contributed by atoms with E-state index in [1.807, 2.05) is 18.2 Å². The van der Waals surface area contributed by atoms with Crippen molar-refractivity contribution in [1.82, 2.24) is 20.5 Å². The Bertz CT molecular complexity index is 2190. The van der Waals surface area contributed by atoms with Crippen molar-refractivity contribution in [1.29, 1.82) is 0 Å². The van der Waals surface area contributed by atoms with E-state index in [2.05, 4.69) is 20.5 Å². The van der Waals surface area contributed by atoms with Crippen molar-refractivity contribution < 1.29 is 26.8 Å². The number of amides is 1. The number of aromatic nitrogens is 3. The van der Waals surface area contributed by atoms with Gasteiger partial charge in [-0.25, -0.2) is 12.8 Å². The number of hydrogen-bond donors (Lipinski definition) is 3. The van der Waals surface area contributed by atoms with Crippen LogP contribution >= 0.6 is 0 Å². The van der Waals surface area contributed by atoms with Gasteiger partial charge in [0.15, 0.2) is 0 Å². The Morgan fingerprint density at radius 2 is 1.80 bits per heavy atom. The molecule has 0 aliphatic heterocycles. The fraction of sp³-hybridized carbons (Fsp3) is 0.129. The number of rotatable bonds is 7. The number of aromatic amines is 1. The summed E-state index contributed by atoms with van der Waals surface area (Å²) in [5.41, 5.74) is 10.5. The molecule has 3 aromatic carbocycles. The molecule has 11 nitrogen and oxygen atoms in total. The van der Waals surface area contributed by atoms with Crippen LogP contribution in [-0.4, -0.2) is 57.0 Å². The first kappa shape index (κ1) is 28.7. The number of carbonyl (C=O) groups is 1. The maximum absolute atomic E-state index is 13.7. The number of methoxy groups -OCH3 is 1. The lowest BCUT2D eigenvalue weighted by Gasteiger charge is -2.21. The standard InChI is InChI=1S/C31H27FN6O5S/c1-34-30(39)28-21-12-18(19-13-25(36-37-31(19)42-3)24-14-20-22(33)6-5-7-23(20)35-24)26(38(2)44(4,40)41)15-27(21)43-29(28)16-8-10-17(32)11-9-16/h5-15,35H,33H2,1-4H3,(H,34,39). The van der Waals surface area contributed by atoms with Crippen LogP contribution in [0.15, 0.2) is 71.1 Å². The molecule has 0 spiro atoms. The van der Waals surface area contributed by atoms with Crippen molar-refractivity contribution in [2.45, 2.75) is 0 Å². The number of ether oxygens (including phenoxy) is 1. The van der Waals surface area contributed by atoms with E-state index < -0.39 is 21.7 Å². The van der Waals surface area contributed by atoms with Gasteiger partial charge in [-0.2, -0.15) is 0 Å². The lowest BCUT2D eigenvalue weighted by Crippen LogP contribution is -2.25. The number of H-pyrrole nitrogens is 1. The van der Waals surface area contributed by atoms with Gasteiger partial charge in [-0.05, 0) is 54.6 Å². The molecule has 0 fully saturated rings. The second-order valence-corrected chi connectivity index (χ2v) is 12.1. The summed E-state index contributed by atoms with van der Waals surface area (Å²) in [4.78, 5) is 16.5. The highest BCUT2D eigenvalue weighted by Gasteiger charge is 2.27. The van der Waals surface area contributed by atoms with E-state index in [1.165, 1.54) is 51.5 Å². The highest BCUT2D eigenvalue weighted by Crippen LogP contribution is 2.44. The lowest BCUT2D eigenvalue weighted by atomic mass is 9.98. The Morgan fingerprint density at radius 3 is 2.45 bits per heavy atom. The number of nitrogens with one attached hydrogen (secondary N) is 2. The Kier molecular flexibility index (Phi) is 6.97. The van der Waals surface area contributed by atoms with Crippen LogP contribution in [0.1, 0.15) is 10.4 Å². The molecular formula is C31H27FN6O5S. The second kappa shape index (κ2) is 10.7. The van der Waals surface area contributed by atoms with Gasteiger partial charge in [-0.1, -0.05) is 6.07 Å². The van der Waals surface area contributed by atoms with Crippen LogP contribution in [0.2, 0.25) is 0 Å². The molecule has 0 saturated carbocycles. The average Bonchev–Trinajstić information content (AvgIpc) is 3.62. The highest BCUT2D eigenvalue weighted by molar-refractivity contribution is 7.92. The maximum Gasteiger partial charge on any atom is 0.255 e. The monoisotopic (exact) mass is 614 g/mol. The first-order chi connectivity index (χ1) is 21.0. The third kappa shape index (κ3) is 4.86. The minimum atomic E-state index is -3.77. The minimum Gasteiger partial charge on any atom is -0.479 e. The Labute approximate surface area is 251 Å². The van der Waals surface area contributed by atoms with E-state index in [9.17, 15) is 17.6 Å². The van der Waals surface area contributed by atoms with E-state index in [-0.39, 0.29) is 28.5 Å². The number of anilines is 2. The van der Waals surface area contributed by atoms with Crippen molar-refractivity contribution in [3.05, 3.63) is 78.1 Å². The summed E-state index contributed by atoms with van der Waals surface area (Å²) in [5, 5.41) is 12.5. The summed E-state index contributed by atoms with van der Waals surface area (Å²) in [6.45, 7) is 0. The van der Waals surface area contributed by atoms with Gasteiger partial charge in [0, 0.05) is 58.8 Å². The van der Waals surface area contributed by atoms with Crippen molar-refractivity contribution >= 4 is 49.2 Å². The van der Waals surface area contributed by atoms with Crippen molar-refractivity contribution in [3.63, 3.8) is 0 Å². The average molecular weight is 615 g/mol. The summed E-state index contributed by atoms with van der Waals surface area (Å²) in [6, 6.07) is 17.8. The van der Waals surface area contributed by atoms with Crippen LogP contribution in [0.3, 0.4) is 0 Å². The molecule has 6 aromatic rings. The summed E-state index contributed by atoms with van der Waals surface area (Å²) in [7, 11) is 0.552. The van der Waals surface area contributed by atoms with Gasteiger partial charge in [0.2, 0.25) is 15.9 Å². The van der Waals surface area contributed by atoms with Crippen LogP contribution in [0.4, 0.5) is 15.8 Å². The molecule has 0 saturated heterocycles. The number of benzene rings is 3. The molecule has 0 aliphatic carbocycles. The number of sulfonamides is 1. The van der Waals surface area contributed by atoms with Gasteiger partial charge in [0.05, 0.1) is 30.3 Å². The third-order valence-corrected chi connectivity index (χ3v) is 8.61. The van der Waals surface area contributed by atoms with Crippen molar-refractivity contribution in [3.8, 4) is 39.7 Å². The number of halogens is 1. The molecule has 0 radical (unpaired) electrons. The normalized spacial score (nSPS) is 11.7. The van der Waals surface area contributed by atoms with Gasteiger partial charge < -0.3 is 25.2 Å². The number of nitrogens with two attached hydrogens (primary N) is 1. The minimum absolute atomic E-state index is 0.121. The van der Waals surface area contributed by atoms with Gasteiger partial charge in [0.25, 0.3) is 5.91 Å². The van der Waals surface area contributed by atoms with Gasteiger partial charge >= 0.3 is 0 Å². The number of hydrogen-bond acceptors (Lipinski definition) is 8. The summed E-state index contributed by atoms with van der Waals surface area (Å²) < 4.78 is 52.2. The number of carbonyl (C=O) groups excluding carboxylic acids is 1. The summed E-state index contributed by atoms with van der Waals surface area (Å²) in [6.07, 6.45) is 1.07. The molecule has 0 unspecified atom stereocenters. The summed E-state index contributed by atoms with van der Waals surface area (Å²) >= 11 is 0. The molecule has 13 heteroatoms. The van der Waals surface area contributed by atoms with Crippen molar-refractivity contribution in [2.75, 3.05) is 37.5 Å². The van der Waals surface area contributed by atoms with Crippen LogP contribution in [-0.2, 0) is 10.0 Å². The molecule has 224 valence electrons. The van der Waals surface area contributed by atoms with E-state index in [0.29, 0.717) is 39.2 Å². The first-order valence-electron chi connectivity index (χ1n) is 13.3. The number of fused-ring (bicyclic) bond motifs is 2. The largest absolute Gasteiger partial charge is 0.479 e. The Balaban J connectivity index is 1.65. The molecule has 6 rings (SSSR count). The maximum atomic E-state index is 13.7. The van der Waals surface area contributed by atoms with Crippen molar-refractivity contribution in [2.24, 2.45) is 0 Å². The molecular weight excluding hydrogens is 587 g/mol. The third-order valence-electron chi connectivity index (χ3n) is 7.42. The molecule has 0 bridgehead atoms. The number of nitrogens with zero attached hydrogens (tertiary/aromatic N) is 3. The highest BCUT2D eigenvalue weighted by atomic mass is 32.2. The Morgan fingerprint density at radius 1 is 1.05 bits per heavy atom. The van der Waals surface area contributed by atoms with E-state index in [0.717, 1.165) is 21.5 Å². The molecule has 4 N–H and O–H groups in total. The van der Waals surface area contributed by atoms with E-state index in [4.69, 9.17) is 14.9 Å². The predicted octanol–water partition coefficient (Wildman–Crippen LogP) is 5.19. The van der Waals surface area contributed by atoms with E-state index in [1.54, 1.807) is 18.2 Å². The topological polar surface area (TPSA) is 156 Å². The zero-order valence-corrected chi connectivity index (χ0v) is 24.9.